The molecule has 1 aromatic carbocycles. The van der Waals surface area contributed by atoms with E-state index >= 15 is 0 Å². The number of aromatic amines is 1. The minimum atomic E-state index is -0.570. The maximum atomic E-state index is 13.6. The summed E-state index contributed by atoms with van der Waals surface area (Å²) in [5, 5.41) is 15.1. The van der Waals surface area contributed by atoms with E-state index in [1.54, 1.807) is 0 Å². The van der Waals surface area contributed by atoms with Crippen molar-refractivity contribution in [1.82, 2.24) is 19.8 Å². The number of rotatable bonds is 8. The van der Waals surface area contributed by atoms with Gasteiger partial charge in [0.1, 0.15) is 0 Å². The van der Waals surface area contributed by atoms with Crippen LogP contribution in [0.1, 0.15) is 72.4 Å². The van der Waals surface area contributed by atoms with E-state index in [0.717, 1.165) is 72.5 Å². The Labute approximate surface area is 229 Å². The fourth-order valence-electron chi connectivity index (χ4n) is 6.48. The lowest BCUT2D eigenvalue weighted by molar-refractivity contribution is -0.0522. The van der Waals surface area contributed by atoms with E-state index in [2.05, 4.69) is 32.8 Å². The first-order chi connectivity index (χ1) is 18.2. The molecule has 204 valence electrons. The van der Waals surface area contributed by atoms with Gasteiger partial charge in [-0.3, -0.25) is 9.59 Å². The molecular weight excluding hydrogens is 496 g/mol. The van der Waals surface area contributed by atoms with Crippen LogP contribution in [-0.2, 0) is 6.54 Å². The fourth-order valence-corrected chi connectivity index (χ4v) is 7.19. The third-order valence-corrected chi connectivity index (χ3v) is 9.58. The molecule has 1 aliphatic heterocycles. The van der Waals surface area contributed by atoms with Crippen molar-refractivity contribution in [2.45, 2.75) is 76.0 Å². The normalized spacial score (nSPS) is 22.8. The highest BCUT2D eigenvalue weighted by molar-refractivity contribution is 7.98. The van der Waals surface area contributed by atoms with Crippen LogP contribution in [0.4, 0.5) is 0 Å². The summed E-state index contributed by atoms with van der Waals surface area (Å²) in [6, 6.07) is 10.3. The number of carbonyl (C=O) groups is 1. The van der Waals surface area contributed by atoms with Crippen molar-refractivity contribution in [3.63, 3.8) is 0 Å². The fraction of sp³-hybridized carbons (Fsp3) is 0.533. The molecule has 38 heavy (non-hydrogen) atoms. The van der Waals surface area contributed by atoms with E-state index < -0.39 is 5.60 Å². The molecule has 2 aliphatic rings. The number of hydrogen-bond donors (Lipinski definition) is 3. The molecule has 7 nitrogen and oxygen atoms in total. The van der Waals surface area contributed by atoms with Crippen molar-refractivity contribution in [2.75, 3.05) is 25.9 Å². The number of nitrogens with one attached hydrogen (secondary N) is 2. The van der Waals surface area contributed by atoms with Crippen LogP contribution in [-0.4, -0.2) is 57.0 Å². The first-order valence-corrected chi connectivity index (χ1v) is 15.0. The molecule has 0 spiro atoms. The Bertz CT molecular complexity index is 1380. The first-order valence-electron chi connectivity index (χ1n) is 13.8. The lowest BCUT2D eigenvalue weighted by Crippen LogP contribution is -2.50. The number of carbonyl (C=O) groups excluding carboxylic acids is 1. The molecule has 1 amide bonds. The highest BCUT2D eigenvalue weighted by Crippen LogP contribution is 2.41. The number of aryl methyl sites for hydroxylation is 1. The number of H-pyrrole nitrogens is 1. The second-order valence-corrected chi connectivity index (χ2v) is 12.1. The zero-order valence-electron chi connectivity index (χ0n) is 23.0. The minimum absolute atomic E-state index is 0.159. The van der Waals surface area contributed by atoms with E-state index in [9.17, 15) is 14.7 Å². The van der Waals surface area contributed by atoms with Crippen molar-refractivity contribution in [2.24, 2.45) is 5.92 Å². The van der Waals surface area contributed by atoms with Crippen LogP contribution in [0.25, 0.3) is 10.9 Å². The molecule has 0 bridgehead atoms. The van der Waals surface area contributed by atoms with Crippen molar-refractivity contribution in [3.8, 4) is 0 Å². The maximum absolute atomic E-state index is 13.6. The van der Waals surface area contributed by atoms with Gasteiger partial charge in [0.2, 0.25) is 0 Å². The number of nitrogens with zero attached hydrogens (tertiary/aromatic N) is 2. The molecule has 2 fully saturated rings. The average Bonchev–Trinajstić information content (AvgIpc) is 3.17. The smallest absolute Gasteiger partial charge is 0.254 e. The van der Waals surface area contributed by atoms with Crippen LogP contribution in [0.15, 0.2) is 40.0 Å². The number of aromatic nitrogens is 2. The number of aliphatic hydroxyl groups is 1. The number of para-hydroxylation sites is 1. The van der Waals surface area contributed by atoms with Crippen LogP contribution >= 0.6 is 11.8 Å². The summed E-state index contributed by atoms with van der Waals surface area (Å²) in [6.45, 7) is 9.34. The molecule has 2 aromatic heterocycles. The van der Waals surface area contributed by atoms with Gasteiger partial charge in [0, 0.05) is 51.9 Å². The lowest BCUT2D eigenvalue weighted by atomic mass is 9.75. The molecule has 1 saturated heterocycles. The maximum Gasteiger partial charge on any atom is 0.254 e. The number of thioether (sulfide) groups is 1. The molecule has 3 N–H and O–H groups in total. The predicted molar refractivity (Wildman–Crippen MR) is 154 cm³/mol. The highest BCUT2D eigenvalue weighted by atomic mass is 32.2. The summed E-state index contributed by atoms with van der Waals surface area (Å²) in [4.78, 5) is 32.3. The molecule has 5 rings (SSSR count). The molecule has 1 aliphatic carbocycles. The molecular formula is C30H40N4O3S. The van der Waals surface area contributed by atoms with E-state index in [-0.39, 0.29) is 24.1 Å². The third kappa shape index (κ3) is 5.18. The molecule has 8 heteroatoms. The number of amides is 1. The monoisotopic (exact) mass is 536 g/mol. The van der Waals surface area contributed by atoms with Gasteiger partial charge in [-0.2, -0.15) is 0 Å². The van der Waals surface area contributed by atoms with Gasteiger partial charge in [-0.05, 0) is 90.3 Å². The Morgan fingerprint density at radius 2 is 1.95 bits per heavy atom. The van der Waals surface area contributed by atoms with Gasteiger partial charge in [-0.1, -0.05) is 18.2 Å². The SMILES string of the molecule is CSc1cc(C)[nH]c(=O)c1CNC(=O)c1c(C)n([C@H](C)C2CCC(O)(CN3CCC3)CC2)c2ccccc12. The number of β-amino-alcohol motifs (C(OH)–C–C–N with tert-alkyl or cyclic N) is 1. The van der Waals surface area contributed by atoms with E-state index in [4.69, 9.17) is 0 Å². The van der Waals surface area contributed by atoms with E-state index in [0.29, 0.717) is 17.0 Å². The summed E-state index contributed by atoms with van der Waals surface area (Å²) in [7, 11) is 0. The van der Waals surface area contributed by atoms with Crippen molar-refractivity contribution >= 4 is 28.6 Å². The van der Waals surface area contributed by atoms with Crippen LogP contribution in [0.5, 0.6) is 0 Å². The van der Waals surface area contributed by atoms with E-state index in [1.165, 1.54) is 18.2 Å². The van der Waals surface area contributed by atoms with Crippen LogP contribution in [0.3, 0.4) is 0 Å². The second kappa shape index (κ2) is 10.9. The topological polar surface area (TPSA) is 90.4 Å². The standard InChI is InChI=1S/C30H40N4O3S/c1-19-16-26(38-4)24(28(35)32-19)17-31-29(36)27-21(3)34(25-9-6-5-8-23(25)27)20(2)22-10-12-30(37,13-11-22)18-33-14-7-15-33/h5-6,8-9,16,20,22,37H,7,10-15,17-18H2,1-4H3,(H,31,36)(H,32,35)/t20-,22?,30?/m1/s1. The Morgan fingerprint density at radius 3 is 2.61 bits per heavy atom. The molecule has 1 atom stereocenters. The zero-order chi connectivity index (χ0) is 27.0. The Kier molecular flexibility index (Phi) is 7.76. The third-order valence-electron chi connectivity index (χ3n) is 8.78. The Morgan fingerprint density at radius 1 is 1.24 bits per heavy atom. The molecule has 3 heterocycles. The van der Waals surface area contributed by atoms with Crippen LogP contribution < -0.4 is 10.9 Å². The zero-order valence-corrected chi connectivity index (χ0v) is 23.8. The lowest BCUT2D eigenvalue weighted by Gasteiger charge is -2.43. The largest absolute Gasteiger partial charge is 0.389 e. The van der Waals surface area contributed by atoms with Gasteiger partial charge in [-0.25, -0.2) is 0 Å². The van der Waals surface area contributed by atoms with Gasteiger partial charge in [0.05, 0.1) is 11.2 Å². The van der Waals surface area contributed by atoms with Gasteiger partial charge in [-0.15, -0.1) is 11.8 Å². The van der Waals surface area contributed by atoms with Gasteiger partial charge in [0.25, 0.3) is 11.5 Å². The Balaban J connectivity index is 1.37. The molecule has 0 radical (unpaired) electrons. The summed E-state index contributed by atoms with van der Waals surface area (Å²) < 4.78 is 2.32. The van der Waals surface area contributed by atoms with Crippen molar-refractivity contribution in [3.05, 3.63) is 63.2 Å². The van der Waals surface area contributed by atoms with Gasteiger partial charge < -0.3 is 24.9 Å². The molecule has 0 unspecified atom stereocenters. The number of fused-ring (bicyclic) bond motifs is 1. The van der Waals surface area contributed by atoms with Crippen LogP contribution in [0.2, 0.25) is 0 Å². The summed E-state index contributed by atoms with van der Waals surface area (Å²) in [6.07, 6.45) is 6.79. The quantitative estimate of drug-likeness (QED) is 0.360. The average molecular weight is 537 g/mol. The molecule has 1 saturated carbocycles. The predicted octanol–water partition coefficient (Wildman–Crippen LogP) is 4.79. The van der Waals surface area contributed by atoms with Gasteiger partial charge >= 0.3 is 0 Å². The summed E-state index contributed by atoms with van der Waals surface area (Å²) in [5.41, 5.74) is 3.34. The number of likely N-dealkylation sites (tertiary alicyclic amines) is 1. The van der Waals surface area contributed by atoms with E-state index in [1.807, 2.05) is 44.4 Å². The van der Waals surface area contributed by atoms with Crippen molar-refractivity contribution in [1.29, 1.82) is 0 Å². The van der Waals surface area contributed by atoms with Crippen molar-refractivity contribution < 1.29 is 9.90 Å². The molecule has 3 aromatic rings. The van der Waals surface area contributed by atoms with Crippen LogP contribution in [0, 0.1) is 19.8 Å². The summed E-state index contributed by atoms with van der Waals surface area (Å²) >= 11 is 1.51. The summed E-state index contributed by atoms with van der Waals surface area (Å²) in [5.74, 6) is 0.275. The number of hydrogen-bond acceptors (Lipinski definition) is 5. The second-order valence-electron chi connectivity index (χ2n) is 11.3. The number of pyridine rings is 1. The number of benzene rings is 1. The highest BCUT2D eigenvalue weighted by Gasteiger charge is 2.38. The van der Waals surface area contributed by atoms with Gasteiger partial charge in [0.15, 0.2) is 0 Å². The Hall–Kier alpha value is -2.55. The minimum Gasteiger partial charge on any atom is -0.389 e. The first kappa shape index (κ1) is 27.0.